The number of hydrogen-bond acceptors (Lipinski definition) is 5. The smallest absolute Gasteiger partial charge is 0.255 e. The molecule has 0 fully saturated rings. The molecule has 94 valence electrons. The highest BCUT2D eigenvalue weighted by Crippen LogP contribution is 2.19. The average molecular weight is 259 g/mol. The number of carbonyl (C=O) groups excluding carboxylic acids is 1. The number of aromatic nitrogens is 1. The molecule has 17 heavy (non-hydrogen) atoms. The SMILES string of the molecule is CC(O)CN(C)C(=O)c1cnc(NN)c(Cl)c1. The molecule has 0 aromatic carbocycles. The number of halogens is 1. The zero-order valence-corrected chi connectivity index (χ0v) is 10.4. The Morgan fingerprint density at radius 3 is 2.88 bits per heavy atom. The summed E-state index contributed by atoms with van der Waals surface area (Å²) in [5, 5.41) is 9.46. The van der Waals surface area contributed by atoms with Crippen LogP contribution in [0.3, 0.4) is 0 Å². The lowest BCUT2D eigenvalue weighted by Crippen LogP contribution is -2.33. The van der Waals surface area contributed by atoms with Gasteiger partial charge in [-0.2, -0.15) is 0 Å². The summed E-state index contributed by atoms with van der Waals surface area (Å²) in [7, 11) is 1.60. The fourth-order valence-corrected chi connectivity index (χ4v) is 1.58. The third-order valence-electron chi connectivity index (χ3n) is 2.11. The van der Waals surface area contributed by atoms with Gasteiger partial charge in [0.2, 0.25) is 0 Å². The van der Waals surface area contributed by atoms with Crippen LogP contribution in [0, 0.1) is 0 Å². The molecule has 1 unspecified atom stereocenters. The van der Waals surface area contributed by atoms with E-state index in [0.29, 0.717) is 11.4 Å². The Kier molecular flexibility index (Phi) is 4.68. The Morgan fingerprint density at radius 2 is 2.41 bits per heavy atom. The molecular weight excluding hydrogens is 244 g/mol. The van der Waals surface area contributed by atoms with Crippen LogP contribution in [-0.2, 0) is 0 Å². The van der Waals surface area contributed by atoms with Gasteiger partial charge in [-0.1, -0.05) is 11.6 Å². The lowest BCUT2D eigenvalue weighted by atomic mass is 10.2. The minimum Gasteiger partial charge on any atom is -0.392 e. The first-order valence-electron chi connectivity index (χ1n) is 5.01. The van der Waals surface area contributed by atoms with Crippen molar-refractivity contribution in [2.45, 2.75) is 13.0 Å². The van der Waals surface area contributed by atoms with Crippen molar-refractivity contribution >= 4 is 23.3 Å². The summed E-state index contributed by atoms with van der Waals surface area (Å²) in [5.41, 5.74) is 2.66. The molecule has 1 atom stereocenters. The molecule has 0 saturated heterocycles. The number of pyridine rings is 1. The van der Waals surface area contributed by atoms with E-state index in [0.717, 1.165) is 0 Å². The summed E-state index contributed by atoms with van der Waals surface area (Å²) in [6.45, 7) is 1.85. The van der Waals surface area contributed by atoms with Gasteiger partial charge in [-0.05, 0) is 13.0 Å². The lowest BCUT2D eigenvalue weighted by Gasteiger charge is -2.18. The second kappa shape index (κ2) is 5.81. The Hall–Kier alpha value is -1.37. The van der Waals surface area contributed by atoms with Crippen LogP contribution in [0.1, 0.15) is 17.3 Å². The van der Waals surface area contributed by atoms with Crippen molar-refractivity contribution in [1.29, 1.82) is 0 Å². The lowest BCUT2D eigenvalue weighted by molar-refractivity contribution is 0.0703. The van der Waals surface area contributed by atoms with E-state index < -0.39 is 6.10 Å². The van der Waals surface area contributed by atoms with E-state index >= 15 is 0 Å². The summed E-state index contributed by atoms with van der Waals surface area (Å²) < 4.78 is 0. The Balaban J connectivity index is 2.86. The number of rotatable bonds is 4. The van der Waals surface area contributed by atoms with Gasteiger partial charge < -0.3 is 15.4 Å². The summed E-state index contributed by atoms with van der Waals surface area (Å²) in [4.78, 5) is 17.2. The van der Waals surface area contributed by atoms with Crippen LogP contribution in [-0.4, -0.2) is 40.6 Å². The number of nitrogens with one attached hydrogen (secondary N) is 1. The van der Waals surface area contributed by atoms with Gasteiger partial charge in [0.05, 0.1) is 16.7 Å². The van der Waals surface area contributed by atoms with Crippen molar-refractivity contribution in [3.05, 3.63) is 22.8 Å². The highest BCUT2D eigenvalue weighted by atomic mass is 35.5. The van der Waals surface area contributed by atoms with Crippen LogP contribution in [0.15, 0.2) is 12.3 Å². The molecule has 1 rings (SSSR count). The van der Waals surface area contributed by atoms with Gasteiger partial charge in [0.15, 0.2) is 5.82 Å². The van der Waals surface area contributed by atoms with Crippen molar-refractivity contribution in [2.75, 3.05) is 19.0 Å². The predicted octanol–water partition coefficient (Wildman–Crippen LogP) is 0.473. The minimum absolute atomic E-state index is 0.243. The fourth-order valence-electron chi connectivity index (χ4n) is 1.36. The molecule has 4 N–H and O–H groups in total. The largest absolute Gasteiger partial charge is 0.392 e. The van der Waals surface area contributed by atoms with Gasteiger partial charge in [-0.3, -0.25) is 4.79 Å². The number of anilines is 1. The maximum Gasteiger partial charge on any atom is 0.255 e. The molecule has 1 heterocycles. The Labute approximate surface area is 104 Å². The van der Waals surface area contributed by atoms with Crippen molar-refractivity contribution in [3.8, 4) is 0 Å². The normalized spacial score (nSPS) is 12.1. The van der Waals surface area contributed by atoms with E-state index in [2.05, 4.69) is 10.4 Å². The fraction of sp³-hybridized carbons (Fsp3) is 0.400. The van der Waals surface area contributed by atoms with Gasteiger partial charge in [0.1, 0.15) is 0 Å². The first-order valence-corrected chi connectivity index (χ1v) is 5.39. The number of nitrogens with zero attached hydrogens (tertiary/aromatic N) is 2. The number of nitrogen functional groups attached to an aromatic ring is 1. The molecule has 0 aliphatic heterocycles. The van der Waals surface area contributed by atoms with Crippen LogP contribution in [0.2, 0.25) is 5.02 Å². The van der Waals surface area contributed by atoms with E-state index in [-0.39, 0.29) is 17.5 Å². The molecule has 0 radical (unpaired) electrons. The number of amides is 1. The quantitative estimate of drug-likeness (QED) is 0.540. The Morgan fingerprint density at radius 1 is 1.76 bits per heavy atom. The highest BCUT2D eigenvalue weighted by Gasteiger charge is 2.15. The molecule has 1 aromatic heterocycles. The molecule has 0 bridgehead atoms. The maximum atomic E-state index is 11.9. The number of hydrogen-bond donors (Lipinski definition) is 3. The number of nitrogens with two attached hydrogens (primary N) is 1. The minimum atomic E-state index is -0.586. The third-order valence-corrected chi connectivity index (χ3v) is 2.40. The van der Waals surface area contributed by atoms with E-state index in [1.54, 1.807) is 14.0 Å². The van der Waals surface area contributed by atoms with Crippen LogP contribution in [0.4, 0.5) is 5.82 Å². The van der Waals surface area contributed by atoms with E-state index in [9.17, 15) is 9.90 Å². The van der Waals surface area contributed by atoms with Crippen molar-refractivity contribution < 1.29 is 9.90 Å². The predicted molar refractivity (Wildman–Crippen MR) is 65.7 cm³/mol. The van der Waals surface area contributed by atoms with E-state index in [1.807, 2.05) is 0 Å². The number of carbonyl (C=O) groups is 1. The first-order chi connectivity index (χ1) is 7.95. The molecule has 6 nitrogen and oxygen atoms in total. The van der Waals surface area contributed by atoms with E-state index in [1.165, 1.54) is 17.2 Å². The average Bonchev–Trinajstić information content (AvgIpc) is 2.27. The monoisotopic (exact) mass is 258 g/mol. The molecule has 0 spiro atoms. The molecule has 0 aliphatic rings. The third kappa shape index (κ3) is 3.55. The zero-order valence-electron chi connectivity index (χ0n) is 9.64. The second-order valence-electron chi connectivity index (χ2n) is 3.73. The standard InChI is InChI=1S/C10H15ClN4O2/c1-6(16)5-15(2)10(17)7-3-8(11)9(14-12)13-4-7/h3-4,6,16H,5,12H2,1-2H3,(H,13,14). The van der Waals surface area contributed by atoms with Gasteiger partial charge in [0, 0.05) is 19.8 Å². The molecule has 0 saturated carbocycles. The molecule has 1 amide bonds. The van der Waals surface area contributed by atoms with Crippen LogP contribution in [0.25, 0.3) is 0 Å². The van der Waals surface area contributed by atoms with Gasteiger partial charge >= 0.3 is 0 Å². The maximum absolute atomic E-state index is 11.9. The summed E-state index contributed by atoms with van der Waals surface area (Å²) >= 11 is 5.86. The summed E-state index contributed by atoms with van der Waals surface area (Å²) in [6, 6.07) is 1.48. The van der Waals surface area contributed by atoms with Crippen LogP contribution >= 0.6 is 11.6 Å². The number of aliphatic hydroxyl groups excluding tert-OH is 1. The van der Waals surface area contributed by atoms with Gasteiger partial charge in [0.25, 0.3) is 5.91 Å². The van der Waals surface area contributed by atoms with Crippen molar-refractivity contribution in [3.63, 3.8) is 0 Å². The highest BCUT2D eigenvalue weighted by molar-refractivity contribution is 6.33. The first kappa shape index (κ1) is 13.7. The number of likely N-dealkylation sites (N-methyl/N-ethyl adjacent to an activating group) is 1. The topological polar surface area (TPSA) is 91.5 Å². The Bertz CT molecular complexity index is 411. The second-order valence-corrected chi connectivity index (χ2v) is 4.14. The molecule has 0 aliphatic carbocycles. The number of hydrazine groups is 1. The zero-order chi connectivity index (χ0) is 13.0. The van der Waals surface area contributed by atoms with Gasteiger partial charge in [-0.25, -0.2) is 10.8 Å². The molecule has 7 heteroatoms. The van der Waals surface area contributed by atoms with Crippen molar-refractivity contribution in [1.82, 2.24) is 9.88 Å². The van der Waals surface area contributed by atoms with E-state index in [4.69, 9.17) is 17.4 Å². The summed E-state index contributed by atoms with van der Waals surface area (Å²) in [6.07, 6.45) is 0.791. The van der Waals surface area contributed by atoms with Gasteiger partial charge in [-0.15, -0.1) is 0 Å². The number of aliphatic hydroxyl groups is 1. The molecular formula is C10H15ClN4O2. The van der Waals surface area contributed by atoms with Crippen molar-refractivity contribution in [2.24, 2.45) is 5.84 Å². The van der Waals surface area contributed by atoms with Crippen LogP contribution in [0.5, 0.6) is 0 Å². The summed E-state index contributed by atoms with van der Waals surface area (Å²) in [5.74, 6) is 5.22. The van der Waals surface area contributed by atoms with Crippen LogP contribution < -0.4 is 11.3 Å². The molecule has 1 aromatic rings.